The van der Waals surface area contributed by atoms with E-state index >= 15 is 0 Å². The molecular weight excluding hydrogens is 222 g/mol. The molecule has 0 bridgehead atoms. The van der Waals surface area contributed by atoms with Crippen molar-refractivity contribution in [3.8, 4) is 10.6 Å². The van der Waals surface area contributed by atoms with Crippen molar-refractivity contribution in [1.82, 2.24) is 9.36 Å². The molecule has 1 heterocycles. The second-order valence-electron chi connectivity index (χ2n) is 3.19. The fraction of sp³-hybridized carbons (Fsp3) is 0.182. The van der Waals surface area contributed by atoms with Crippen LogP contribution in [-0.4, -0.2) is 15.3 Å². The number of hydrogen-bond donors (Lipinski definition) is 1. The summed E-state index contributed by atoms with van der Waals surface area (Å²) in [4.78, 5) is 15.4. The zero-order valence-corrected chi connectivity index (χ0v) is 9.62. The van der Waals surface area contributed by atoms with Crippen LogP contribution in [0.4, 0.5) is 5.95 Å². The first-order valence-corrected chi connectivity index (χ1v) is 5.76. The van der Waals surface area contributed by atoms with Crippen molar-refractivity contribution in [2.45, 2.75) is 13.3 Å². The number of amides is 1. The summed E-state index contributed by atoms with van der Waals surface area (Å²) >= 11 is 1.28. The van der Waals surface area contributed by atoms with Gasteiger partial charge in [0.15, 0.2) is 0 Å². The van der Waals surface area contributed by atoms with Crippen molar-refractivity contribution >= 4 is 23.4 Å². The van der Waals surface area contributed by atoms with Crippen LogP contribution in [0, 0.1) is 0 Å². The molecule has 0 saturated heterocycles. The summed E-state index contributed by atoms with van der Waals surface area (Å²) in [7, 11) is 0. The van der Waals surface area contributed by atoms with Gasteiger partial charge >= 0.3 is 0 Å². The lowest BCUT2D eigenvalue weighted by Crippen LogP contribution is -2.10. The second-order valence-corrected chi connectivity index (χ2v) is 3.94. The molecular formula is C11H11N3OS. The minimum Gasteiger partial charge on any atom is -0.294 e. The number of anilines is 1. The zero-order chi connectivity index (χ0) is 11.4. The fourth-order valence-electron chi connectivity index (χ4n) is 1.19. The monoisotopic (exact) mass is 233 g/mol. The average Bonchev–Trinajstić information content (AvgIpc) is 2.78. The van der Waals surface area contributed by atoms with Crippen molar-refractivity contribution < 1.29 is 4.79 Å². The Bertz CT molecular complexity index is 481. The molecule has 82 valence electrons. The summed E-state index contributed by atoms with van der Waals surface area (Å²) in [6.07, 6.45) is 0.430. The number of carbonyl (C=O) groups is 1. The molecule has 1 N–H and O–H groups in total. The molecule has 0 aliphatic heterocycles. The third-order valence-corrected chi connectivity index (χ3v) is 2.78. The van der Waals surface area contributed by atoms with E-state index in [-0.39, 0.29) is 5.91 Å². The minimum absolute atomic E-state index is 0.0718. The predicted molar refractivity (Wildman–Crippen MR) is 64.3 cm³/mol. The Balaban J connectivity index is 2.17. The van der Waals surface area contributed by atoms with Gasteiger partial charge in [0.1, 0.15) is 5.01 Å². The molecule has 1 aromatic heterocycles. The maximum atomic E-state index is 11.1. The highest BCUT2D eigenvalue weighted by atomic mass is 32.1. The standard InChI is InChI=1S/C11H11N3OS/c1-2-9(15)12-11-13-10(16-14-11)8-6-4-3-5-7-8/h3-7H,2H2,1H3,(H,12,14,15). The summed E-state index contributed by atoms with van der Waals surface area (Å²) in [5.41, 5.74) is 1.01. The van der Waals surface area contributed by atoms with Crippen molar-refractivity contribution in [1.29, 1.82) is 0 Å². The molecule has 0 fully saturated rings. The van der Waals surface area contributed by atoms with E-state index in [1.54, 1.807) is 6.92 Å². The first-order valence-electron chi connectivity index (χ1n) is 4.98. The molecule has 0 saturated carbocycles. The van der Waals surface area contributed by atoms with Gasteiger partial charge in [-0.3, -0.25) is 10.1 Å². The number of aromatic nitrogens is 2. The lowest BCUT2D eigenvalue weighted by Gasteiger charge is -1.95. The molecule has 0 unspecified atom stereocenters. The van der Waals surface area contributed by atoms with Crippen molar-refractivity contribution in [2.24, 2.45) is 0 Å². The molecule has 4 nitrogen and oxygen atoms in total. The molecule has 0 aliphatic carbocycles. The normalized spacial score (nSPS) is 10.1. The summed E-state index contributed by atoms with van der Waals surface area (Å²) in [6.45, 7) is 1.79. The maximum Gasteiger partial charge on any atom is 0.241 e. The van der Waals surface area contributed by atoms with E-state index < -0.39 is 0 Å². The van der Waals surface area contributed by atoms with E-state index in [2.05, 4.69) is 14.7 Å². The van der Waals surface area contributed by atoms with E-state index in [0.29, 0.717) is 12.4 Å². The lowest BCUT2D eigenvalue weighted by molar-refractivity contribution is -0.115. The van der Waals surface area contributed by atoms with E-state index in [9.17, 15) is 4.79 Å². The van der Waals surface area contributed by atoms with Gasteiger partial charge < -0.3 is 0 Å². The number of benzene rings is 1. The molecule has 0 spiro atoms. The lowest BCUT2D eigenvalue weighted by atomic mass is 10.2. The van der Waals surface area contributed by atoms with Gasteiger partial charge in [0.2, 0.25) is 11.9 Å². The highest BCUT2D eigenvalue weighted by Crippen LogP contribution is 2.22. The highest BCUT2D eigenvalue weighted by molar-refractivity contribution is 7.09. The minimum atomic E-state index is -0.0718. The zero-order valence-electron chi connectivity index (χ0n) is 8.80. The maximum absolute atomic E-state index is 11.1. The number of hydrogen-bond acceptors (Lipinski definition) is 4. The predicted octanol–water partition coefficient (Wildman–Crippen LogP) is 2.55. The van der Waals surface area contributed by atoms with Crippen LogP contribution in [0.1, 0.15) is 13.3 Å². The first-order chi connectivity index (χ1) is 7.79. The van der Waals surface area contributed by atoms with Gasteiger partial charge in [-0.25, -0.2) is 0 Å². The molecule has 2 rings (SSSR count). The van der Waals surface area contributed by atoms with Crippen LogP contribution < -0.4 is 5.32 Å². The topological polar surface area (TPSA) is 54.9 Å². The molecule has 0 radical (unpaired) electrons. The Kier molecular flexibility index (Phi) is 3.26. The van der Waals surface area contributed by atoms with Gasteiger partial charge in [-0.05, 0) is 11.5 Å². The molecule has 1 amide bonds. The van der Waals surface area contributed by atoms with Crippen LogP contribution in [0.3, 0.4) is 0 Å². The second kappa shape index (κ2) is 4.85. The van der Waals surface area contributed by atoms with Crippen LogP contribution in [0.2, 0.25) is 0 Å². The van der Waals surface area contributed by atoms with E-state index in [0.717, 1.165) is 10.6 Å². The van der Waals surface area contributed by atoms with Crippen molar-refractivity contribution in [2.75, 3.05) is 5.32 Å². The van der Waals surface area contributed by atoms with E-state index in [4.69, 9.17) is 0 Å². The van der Waals surface area contributed by atoms with Crippen LogP contribution in [0.25, 0.3) is 10.6 Å². The molecule has 0 atom stereocenters. The van der Waals surface area contributed by atoms with E-state index in [1.807, 2.05) is 30.3 Å². The molecule has 0 aliphatic rings. The van der Waals surface area contributed by atoms with Crippen LogP contribution >= 0.6 is 11.5 Å². The number of nitrogens with one attached hydrogen (secondary N) is 1. The van der Waals surface area contributed by atoms with Gasteiger partial charge in [0, 0.05) is 12.0 Å². The quantitative estimate of drug-likeness (QED) is 0.886. The summed E-state index contributed by atoms with van der Waals surface area (Å²) in [5.74, 6) is 0.313. The molecule has 16 heavy (non-hydrogen) atoms. The molecule has 1 aromatic carbocycles. The van der Waals surface area contributed by atoms with Crippen LogP contribution in [0.15, 0.2) is 30.3 Å². The Morgan fingerprint density at radius 2 is 2.12 bits per heavy atom. The third-order valence-electron chi connectivity index (χ3n) is 2.02. The molecule has 5 heteroatoms. The Labute approximate surface area is 97.5 Å². The smallest absolute Gasteiger partial charge is 0.241 e. The SMILES string of the molecule is CCC(=O)Nc1nsc(-c2ccccc2)n1. The third kappa shape index (κ3) is 2.43. The van der Waals surface area contributed by atoms with Gasteiger partial charge in [0.25, 0.3) is 0 Å². The highest BCUT2D eigenvalue weighted by Gasteiger charge is 2.07. The average molecular weight is 233 g/mol. The van der Waals surface area contributed by atoms with Gasteiger partial charge in [-0.1, -0.05) is 37.3 Å². The Morgan fingerprint density at radius 3 is 2.81 bits per heavy atom. The summed E-state index contributed by atoms with van der Waals surface area (Å²) in [6, 6.07) is 9.77. The van der Waals surface area contributed by atoms with Crippen molar-refractivity contribution in [3.05, 3.63) is 30.3 Å². The first kappa shape index (κ1) is 10.8. The van der Waals surface area contributed by atoms with Crippen LogP contribution in [-0.2, 0) is 4.79 Å². The largest absolute Gasteiger partial charge is 0.294 e. The van der Waals surface area contributed by atoms with Gasteiger partial charge in [-0.2, -0.15) is 9.36 Å². The van der Waals surface area contributed by atoms with Crippen molar-refractivity contribution in [3.63, 3.8) is 0 Å². The van der Waals surface area contributed by atoms with Crippen LogP contribution in [0.5, 0.6) is 0 Å². The number of carbonyl (C=O) groups excluding carboxylic acids is 1. The number of nitrogens with zero attached hydrogens (tertiary/aromatic N) is 2. The summed E-state index contributed by atoms with van der Waals surface area (Å²) < 4.78 is 4.08. The van der Waals surface area contributed by atoms with Gasteiger partial charge in [0.05, 0.1) is 0 Å². The molecule has 2 aromatic rings. The Hall–Kier alpha value is -1.75. The Morgan fingerprint density at radius 1 is 1.38 bits per heavy atom. The van der Waals surface area contributed by atoms with Gasteiger partial charge in [-0.15, -0.1) is 0 Å². The van der Waals surface area contributed by atoms with E-state index in [1.165, 1.54) is 11.5 Å². The summed E-state index contributed by atoms with van der Waals surface area (Å²) in [5, 5.41) is 3.44. The fourth-order valence-corrected chi connectivity index (χ4v) is 1.81. The number of rotatable bonds is 3.